The Hall–Kier alpha value is -1.89. The summed E-state index contributed by atoms with van der Waals surface area (Å²) >= 11 is 1.22. The monoisotopic (exact) mass is 265 g/mol. The number of carboxylic acids is 1. The molecule has 18 heavy (non-hydrogen) atoms. The minimum atomic E-state index is -0.858. The summed E-state index contributed by atoms with van der Waals surface area (Å²) in [4.78, 5) is 18.6. The molecular formula is C11H11N3O3S. The van der Waals surface area contributed by atoms with Crippen LogP contribution in [-0.4, -0.2) is 32.0 Å². The summed E-state index contributed by atoms with van der Waals surface area (Å²) in [6.07, 6.45) is 3.37. The maximum Gasteiger partial charge on any atom is 0.313 e. The van der Waals surface area contributed by atoms with Crippen molar-refractivity contribution in [1.29, 1.82) is 0 Å². The summed E-state index contributed by atoms with van der Waals surface area (Å²) in [6, 6.07) is 1.87. The predicted octanol–water partition coefficient (Wildman–Crippen LogP) is 1.76. The average molecular weight is 265 g/mol. The van der Waals surface area contributed by atoms with Crippen molar-refractivity contribution >= 4 is 17.7 Å². The Morgan fingerprint density at radius 3 is 3.11 bits per heavy atom. The predicted molar refractivity (Wildman–Crippen MR) is 66.1 cm³/mol. The maximum absolute atomic E-state index is 10.4. The molecule has 0 radical (unpaired) electrons. The number of rotatable bonds is 5. The highest BCUT2D eigenvalue weighted by Gasteiger charge is 2.11. The van der Waals surface area contributed by atoms with Crippen LogP contribution >= 0.6 is 11.8 Å². The van der Waals surface area contributed by atoms with E-state index in [1.54, 1.807) is 12.4 Å². The number of thioether (sulfide) groups is 1. The summed E-state index contributed by atoms with van der Waals surface area (Å²) in [7, 11) is 0. The Balaban J connectivity index is 2.06. The molecule has 0 fully saturated rings. The first-order valence-corrected chi connectivity index (χ1v) is 6.35. The molecule has 2 aromatic rings. The molecular weight excluding hydrogens is 254 g/mol. The second-order valence-electron chi connectivity index (χ2n) is 3.59. The largest absolute Gasteiger partial charge is 0.481 e. The van der Waals surface area contributed by atoms with E-state index >= 15 is 0 Å². The summed E-state index contributed by atoms with van der Waals surface area (Å²) in [6.45, 7) is 1.94. The van der Waals surface area contributed by atoms with E-state index in [-0.39, 0.29) is 5.75 Å². The van der Waals surface area contributed by atoms with Gasteiger partial charge in [0.2, 0.25) is 11.7 Å². The van der Waals surface area contributed by atoms with Crippen LogP contribution in [0.1, 0.15) is 11.5 Å². The van der Waals surface area contributed by atoms with Crippen molar-refractivity contribution in [1.82, 2.24) is 15.1 Å². The maximum atomic E-state index is 10.4. The molecule has 0 aliphatic rings. The van der Waals surface area contributed by atoms with Crippen molar-refractivity contribution in [3.8, 4) is 11.4 Å². The van der Waals surface area contributed by atoms with Gasteiger partial charge in [0.15, 0.2) is 0 Å². The molecule has 2 aromatic heterocycles. The fourth-order valence-corrected chi connectivity index (χ4v) is 1.92. The molecule has 0 spiro atoms. The Morgan fingerprint density at radius 1 is 1.56 bits per heavy atom. The first kappa shape index (κ1) is 12.6. The number of pyridine rings is 1. The van der Waals surface area contributed by atoms with E-state index in [1.165, 1.54) is 11.8 Å². The second kappa shape index (κ2) is 5.63. The quantitative estimate of drug-likeness (QED) is 0.880. The highest BCUT2D eigenvalue weighted by molar-refractivity contribution is 7.99. The van der Waals surface area contributed by atoms with Crippen molar-refractivity contribution in [3.63, 3.8) is 0 Å². The number of carbonyl (C=O) groups is 1. The van der Waals surface area contributed by atoms with Crippen LogP contribution in [0.25, 0.3) is 11.4 Å². The van der Waals surface area contributed by atoms with Crippen molar-refractivity contribution in [2.75, 3.05) is 5.75 Å². The number of hydrogen-bond donors (Lipinski definition) is 1. The zero-order chi connectivity index (χ0) is 13.0. The van der Waals surface area contributed by atoms with Gasteiger partial charge in [-0.15, -0.1) is 11.8 Å². The summed E-state index contributed by atoms with van der Waals surface area (Å²) in [5.41, 5.74) is 1.83. The van der Waals surface area contributed by atoms with E-state index < -0.39 is 5.97 Å². The Morgan fingerprint density at radius 2 is 2.39 bits per heavy atom. The van der Waals surface area contributed by atoms with E-state index in [4.69, 9.17) is 9.63 Å². The van der Waals surface area contributed by atoms with E-state index in [1.807, 2.05) is 13.0 Å². The van der Waals surface area contributed by atoms with Gasteiger partial charge in [-0.05, 0) is 18.6 Å². The average Bonchev–Trinajstić information content (AvgIpc) is 2.78. The Kier molecular flexibility index (Phi) is 3.93. The molecule has 0 bridgehead atoms. The molecule has 0 amide bonds. The molecule has 7 heteroatoms. The van der Waals surface area contributed by atoms with Crippen LogP contribution in [0.4, 0.5) is 0 Å². The van der Waals surface area contributed by atoms with Gasteiger partial charge in [0.1, 0.15) is 0 Å². The van der Waals surface area contributed by atoms with E-state index in [9.17, 15) is 4.79 Å². The van der Waals surface area contributed by atoms with Crippen LogP contribution in [-0.2, 0) is 10.5 Å². The van der Waals surface area contributed by atoms with E-state index in [2.05, 4.69) is 15.1 Å². The topological polar surface area (TPSA) is 89.1 Å². The third kappa shape index (κ3) is 3.07. The SMILES string of the molecule is Cc1ccncc1-c1noc(CSCC(=O)O)n1. The zero-order valence-electron chi connectivity index (χ0n) is 9.66. The summed E-state index contributed by atoms with van der Waals surface area (Å²) < 4.78 is 5.05. The van der Waals surface area contributed by atoms with Crippen molar-refractivity contribution in [2.45, 2.75) is 12.7 Å². The first-order chi connectivity index (χ1) is 8.66. The lowest BCUT2D eigenvalue weighted by Crippen LogP contribution is -1.98. The fourth-order valence-electron chi connectivity index (χ4n) is 1.35. The highest BCUT2D eigenvalue weighted by atomic mass is 32.2. The molecule has 2 rings (SSSR count). The number of aryl methyl sites for hydroxylation is 1. The lowest BCUT2D eigenvalue weighted by Gasteiger charge is -1.97. The van der Waals surface area contributed by atoms with Crippen LogP contribution in [0.2, 0.25) is 0 Å². The molecule has 0 aromatic carbocycles. The molecule has 0 saturated heterocycles. The molecule has 0 aliphatic heterocycles. The summed E-state index contributed by atoms with van der Waals surface area (Å²) in [5, 5.41) is 12.4. The first-order valence-electron chi connectivity index (χ1n) is 5.20. The van der Waals surface area contributed by atoms with Gasteiger partial charge in [-0.2, -0.15) is 4.98 Å². The molecule has 6 nitrogen and oxygen atoms in total. The van der Waals surface area contributed by atoms with Crippen LogP contribution in [0.5, 0.6) is 0 Å². The molecule has 2 heterocycles. The molecule has 0 atom stereocenters. The van der Waals surface area contributed by atoms with Gasteiger partial charge >= 0.3 is 5.97 Å². The van der Waals surface area contributed by atoms with E-state index in [0.717, 1.165) is 11.1 Å². The van der Waals surface area contributed by atoms with Crippen LogP contribution in [0.15, 0.2) is 23.0 Å². The van der Waals surface area contributed by atoms with Gasteiger partial charge in [0.05, 0.1) is 11.5 Å². The lowest BCUT2D eigenvalue weighted by molar-refractivity contribution is -0.133. The van der Waals surface area contributed by atoms with Crippen molar-refractivity contribution < 1.29 is 14.4 Å². The third-order valence-corrected chi connectivity index (χ3v) is 3.10. The van der Waals surface area contributed by atoms with Crippen molar-refractivity contribution in [3.05, 3.63) is 29.9 Å². The van der Waals surface area contributed by atoms with E-state index in [0.29, 0.717) is 17.5 Å². The summed E-state index contributed by atoms with van der Waals surface area (Å²) in [5.74, 6) is 0.441. The lowest BCUT2D eigenvalue weighted by atomic mass is 10.1. The van der Waals surface area contributed by atoms with Gasteiger partial charge in [0, 0.05) is 18.0 Å². The zero-order valence-corrected chi connectivity index (χ0v) is 10.5. The van der Waals surface area contributed by atoms with Crippen molar-refractivity contribution in [2.24, 2.45) is 0 Å². The Labute approximate surface area is 107 Å². The smallest absolute Gasteiger partial charge is 0.313 e. The highest BCUT2D eigenvalue weighted by Crippen LogP contribution is 2.20. The van der Waals surface area contributed by atoms with Crippen LogP contribution in [0.3, 0.4) is 0 Å². The number of carboxylic acid groups (broad SMARTS) is 1. The number of nitrogens with zero attached hydrogens (tertiary/aromatic N) is 3. The van der Waals surface area contributed by atoms with Crippen LogP contribution in [0, 0.1) is 6.92 Å². The van der Waals surface area contributed by atoms with Gasteiger partial charge < -0.3 is 9.63 Å². The molecule has 0 unspecified atom stereocenters. The minimum Gasteiger partial charge on any atom is -0.481 e. The molecule has 94 valence electrons. The minimum absolute atomic E-state index is 0.0175. The number of hydrogen-bond acceptors (Lipinski definition) is 6. The standard InChI is InChI=1S/C11H11N3O3S/c1-7-2-3-12-4-8(7)11-13-9(17-14-11)5-18-6-10(15)16/h2-4H,5-6H2,1H3,(H,15,16). The number of aliphatic carboxylic acids is 1. The Bertz CT molecular complexity index is 556. The normalized spacial score (nSPS) is 10.5. The second-order valence-corrected chi connectivity index (χ2v) is 4.57. The fraction of sp³-hybridized carbons (Fsp3) is 0.273. The van der Waals surface area contributed by atoms with Gasteiger partial charge in [-0.25, -0.2) is 0 Å². The molecule has 0 saturated carbocycles. The van der Waals surface area contributed by atoms with Gasteiger partial charge in [-0.3, -0.25) is 9.78 Å². The third-order valence-electron chi connectivity index (χ3n) is 2.20. The van der Waals surface area contributed by atoms with Crippen LogP contribution < -0.4 is 0 Å². The molecule has 1 N–H and O–H groups in total. The van der Waals surface area contributed by atoms with Gasteiger partial charge in [0.25, 0.3) is 0 Å². The van der Waals surface area contributed by atoms with Gasteiger partial charge in [-0.1, -0.05) is 5.16 Å². The molecule has 0 aliphatic carbocycles. The number of aromatic nitrogens is 3.